The molecule has 8 nitrogen and oxygen atoms in total. The summed E-state index contributed by atoms with van der Waals surface area (Å²) in [6, 6.07) is 14.3. The van der Waals surface area contributed by atoms with E-state index in [2.05, 4.69) is 5.32 Å². The number of likely N-dealkylation sites (tertiary alicyclic amines) is 1. The Bertz CT molecular complexity index is 851. The van der Waals surface area contributed by atoms with Crippen molar-refractivity contribution < 1.29 is 19.2 Å². The van der Waals surface area contributed by atoms with Crippen LogP contribution in [0.2, 0.25) is 0 Å². The Labute approximate surface area is 175 Å². The fourth-order valence-corrected chi connectivity index (χ4v) is 3.47. The van der Waals surface area contributed by atoms with E-state index in [1.165, 1.54) is 6.07 Å². The van der Waals surface area contributed by atoms with Gasteiger partial charge >= 0.3 is 0 Å². The summed E-state index contributed by atoms with van der Waals surface area (Å²) in [5.74, 6) is 1.06. The molecule has 1 aliphatic rings. The first kappa shape index (κ1) is 21.6. The number of amides is 1. The average Bonchev–Trinajstić information content (AvgIpc) is 2.78. The quantitative estimate of drug-likeness (QED) is 0.384. The summed E-state index contributed by atoms with van der Waals surface area (Å²) in [7, 11) is 1.56. The smallest absolute Gasteiger partial charge is 0.293 e. The Morgan fingerprint density at radius 1 is 1.20 bits per heavy atom. The van der Waals surface area contributed by atoms with Crippen LogP contribution in [-0.2, 0) is 4.74 Å². The first-order valence-corrected chi connectivity index (χ1v) is 10.1. The molecule has 1 amide bonds. The SMILES string of the molecule is COCCNc1ccc(C(=O)N2CCC(COc3ccccc3)CC2)cc1[N+](=O)[O-]. The molecule has 0 atom stereocenters. The summed E-state index contributed by atoms with van der Waals surface area (Å²) in [5, 5.41) is 14.4. The number of para-hydroxylation sites is 1. The van der Waals surface area contributed by atoms with Gasteiger partial charge in [-0.25, -0.2) is 0 Å². The number of carbonyl (C=O) groups is 1. The third-order valence-electron chi connectivity index (χ3n) is 5.19. The number of piperidine rings is 1. The topological polar surface area (TPSA) is 93.9 Å². The van der Waals surface area contributed by atoms with Crippen LogP contribution in [0.1, 0.15) is 23.2 Å². The molecule has 8 heteroatoms. The minimum absolute atomic E-state index is 0.108. The number of nitro groups is 1. The lowest BCUT2D eigenvalue weighted by molar-refractivity contribution is -0.384. The van der Waals surface area contributed by atoms with Crippen molar-refractivity contribution in [2.24, 2.45) is 5.92 Å². The van der Waals surface area contributed by atoms with Crippen molar-refractivity contribution in [2.75, 3.05) is 45.3 Å². The standard InChI is InChI=1S/C22H27N3O5/c1-29-14-11-23-20-8-7-18(15-21(20)25(27)28)22(26)24-12-9-17(10-13-24)16-30-19-5-3-2-4-6-19/h2-8,15,17,23H,9-14,16H2,1H3. The van der Waals surface area contributed by atoms with Crippen LogP contribution in [-0.4, -0.2) is 55.7 Å². The van der Waals surface area contributed by atoms with Crippen molar-refractivity contribution in [2.45, 2.75) is 12.8 Å². The van der Waals surface area contributed by atoms with Crippen molar-refractivity contribution in [3.63, 3.8) is 0 Å². The van der Waals surface area contributed by atoms with Crippen LogP contribution in [0.3, 0.4) is 0 Å². The molecule has 160 valence electrons. The third kappa shape index (κ3) is 5.70. The van der Waals surface area contributed by atoms with E-state index in [0.29, 0.717) is 50.0 Å². The van der Waals surface area contributed by atoms with Crippen molar-refractivity contribution in [3.8, 4) is 5.75 Å². The lowest BCUT2D eigenvalue weighted by Gasteiger charge is -2.32. The van der Waals surface area contributed by atoms with Gasteiger partial charge < -0.3 is 19.7 Å². The molecular formula is C22H27N3O5. The second kappa shape index (κ2) is 10.6. The average molecular weight is 413 g/mol. The van der Waals surface area contributed by atoms with Crippen molar-refractivity contribution in [1.29, 1.82) is 0 Å². The zero-order chi connectivity index (χ0) is 21.3. The molecule has 0 aromatic heterocycles. The van der Waals surface area contributed by atoms with Gasteiger partial charge in [0.05, 0.1) is 18.1 Å². The summed E-state index contributed by atoms with van der Waals surface area (Å²) in [4.78, 5) is 25.6. The Morgan fingerprint density at radius 3 is 2.60 bits per heavy atom. The van der Waals surface area contributed by atoms with E-state index >= 15 is 0 Å². The maximum Gasteiger partial charge on any atom is 0.293 e. The van der Waals surface area contributed by atoms with Gasteiger partial charge in [0.15, 0.2) is 0 Å². The van der Waals surface area contributed by atoms with Gasteiger partial charge in [0, 0.05) is 38.4 Å². The third-order valence-corrected chi connectivity index (χ3v) is 5.19. The zero-order valence-electron chi connectivity index (χ0n) is 17.1. The highest BCUT2D eigenvalue weighted by atomic mass is 16.6. The van der Waals surface area contributed by atoms with E-state index in [0.717, 1.165) is 18.6 Å². The van der Waals surface area contributed by atoms with Gasteiger partial charge in [0.1, 0.15) is 11.4 Å². The number of rotatable bonds is 9. The first-order valence-electron chi connectivity index (χ1n) is 10.1. The Kier molecular flexibility index (Phi) is 7.62. The molecule has 3 rings (SSSR count). The molecule has 1 heterocycles. The maximum atomic E-state index is 12.9. The maximum absolute atomic E-state index is 12.9. The molecular weight excluding hydrogens is 386 g/mol. The van der Waals surface area contributed by atoms with Gasteiger partial charge in [-0.1, -0.05) is 18.2 Å². The molecule has 2 aromatic rings. The number of ether oxygens (including phenoxy) is 2. The predicted molar refractivity (Wildman–Crippen MR) is 114 cm³/mol. The summed E-state index contributed by atoms with van der Waals surface area (Å²) in [5.41, 5.74) is 0.603. The molecule has 1 N–H and O–H groups in total. The molecule has 1 saturated heterocycles. The zero-order valence-corrected chi connectivity index (χ0v) is 17.1. The molecule has 0 spiro atoms. The molecule has 0 aliphatic carbocycles. The Morgan fingerprint density at radius 2 is 1.93 bits per heavy atom. The highest BCUT2D eigenvalue weighted by molar-refractivity contribution is 5.95. The number of benzene rings is 2. The summed E-state index contributed by atoms with van der Waals surface area (Å²) in [6.07, 6.45) is 1.69. The fraction of sp³-hybridized carbons (Fsp3) is 0.409. The van der Waals surface area contributed by atoms with Crippen LogP contribution in [0.25, 0.3) is 0 Å². The summed E-state index contributed by atoms with van der Waals surface area (Å²) >= 11 is 0. The van der Waals surface area contributed by atoms with Crippen LogP contribution in [0.4, 0.5) is 11.4 Å². The van der Waals surface area contributed by atoms with Gasteiger partial charge in [-0.05, 0) is 43.0 Å². The number of methoxy groups -OCH3 is 1. The molecule has 0 bridgehead atoms. The fourth-order valence-electron chi connectivity index (χ4n) is 3.47. The van der Waals surface area contributed by atoms with Gasteiger partial charge in [-0.15, -0.1) is 0 Å². The van der Waals surface area contributed by atoms with Gasteiger partial charge in [0.2, 0.25) is 0 Å². The molecule has 1 fully saturated rings. The first-order chi connectivity index (χ1) is 14.6. The number of carbonyl (C=O) groups excluding carboxylic acids is 1. The monoisotopic (exact) mass is 413 g/mol. The predicted octanol–water partition coefficient (Wildman–Crippen LogP) is 3.58. The number of nitro benzene ring substituents is 1. The normalized spacial score (nSPS) is 14.4. The number of hydrogen-bond donors (Lipinski definition) is 1. The highest BCUT2D eigenvalue weighted by Gasteiger charge is 2.26. The lowest BCUT2D eigenvalue weighted by atomic mass is 9.97. The van der Waals surface area contributed by atoms with E-state index in [4.69, 9.17) is 9.47 Å². The summed E-state index contributed by atoms with van der Waals surface area (Å²) in [6.45, 7) is 2.73. The molecule has 2 aromatic carbocycles. The second-order valence-corrected chi connectivity index (χ2v) is 7.27. The molecule has 30 heavy (non-hydrogen) atoms. The Balaban J connectivity index is 1.56. The largest absolute Gasteiger partial charge is 0.493 e. The number of hydrogen-bond acceptors (Lipinski definition) is 6. The van der Waals surface area contributed by atoms with Crippen molar-refractivity contribution in [3.05, 3.63) is 64.2 Å². The van der Waals surface area contributed by atoms with E-state index < -0.39 is 4.92 Å². The van der Waals surface area contributed by atoms with E-state index in [1.54, 1.807) is 24.1 Å². The minimum atomic E-state index is -0.473. The summed E-state index contributed by atoms with van der Waals surface area (Å²) < 4.78 is 10.8. The number of nitrogens with zero attached hydrogens (tertiary/aromatic N) is 2. The molecule has 1 aliphatic heterocycles. The van der Waals surface area contributed by atoms with Crippen LogP contribution in [0.5, 0.6) is 5.75 Å². The van der Waals surface area contributed by atoms with Crippen LogP contribution < -0.4 is 10.1 Å². The van der Waals surface area contributed by atoms with Crippen LogP contribution >= 0.6 is 0 Å². The van der Waals surface area contributed by atoms with Crippen LogP contribution in [0, 0.1) is 16.0 Å². The van der Waals surface area contributed by atoms with Gasteiger partial charge in [0.25, 0.3) is 11.6 Å². The molecule has 0 saturated carbocycles. The van der Waals surface area contributed by atoms with E-state index in [-0.39, 0.29) is 11.6 Å². The Hall–Kier alpha value is -3.13. The highest BCUT2D eigenvalue weighted by Crippen LogP contribution is 2.27. The number of nitrogens with one attached hydrogen (secondary N) is 1. The van der Waals surface area contributed by atoms with Crippen molar-refractivity contribution >= 4 is 17.3 Å². The van der Waals surface area contributed by atoms with Gasteiger partial charge in [-0.2, -0.15) is 0 Å². The second-order valence-electron chi connectivity index (χ2n) is 7.27. The van der Waals surface area contributed by atoms with Gasteiger partial charge in [-0.3, -0.25) is 14.9 Å². The number of anilines is 1. The molecule has 0 radical (unpaired) electrons. The van der Waals surface area contributed by atoms with E-state index in [9.17, 15) is 14.9 Å². The van der Waals surface area contributed by atoms with E-state index in [1.807, 2.05) is 30.3 Å². The lowest BCUT2D eigenvalue weighted by Crippen LogP contribution is -2.39. The molecule has 0 unspecified atom stereocenters. The minimum Gasteiger partial charge on any atom is -0.493 e. The van der Waals surface area contributed by atoms with Crippen LogP contribution in [0.15, 0.2) is 48.5 Å². The van der Waals surface area contributed by atoms with Crippen molar-refractivity contribution in [1.82, 2.24) is 4.90 Å².